The number of nitrogen functional groups attached to an aromatic ring is 1. The summed E-state index contributed by atoms with van der Waals surface area (Å²) in [5, 5.41) is 6.86. The molecule has 0 aliphatic carbocycles. The van der Waals surface area contributed by atoms with Crippen molar-refractivity contribution < 1.29 is 9.47 Å². The molecular formula is C14H19N3O2. The minimum absolute atomic E-state index is 0.283. The van der Waals surface area contributed by atoms with Crippen LogP contribution < -0.4 is 15.2 Å². The summed E-state index contributed by atoms with van der Waals surface area (Å²) in [7, 11) is 3.32. The highest BCUT2D eigenvalue weighted by molar-refractivity contribution is 5.73. The SMILES string of the molecule is COc1ccc(-c2cc(N)n[nH]2)c(OC)c1C(C)C. The van der Waals surface area contributed by atoms with Crippen molar-refractivity contribution in [2.75, 3.05) is 20.0 Å². The molecule has 0 atom stereocenters. The van der Waals surface area contributed by atoms with Gasteiger partial charge in [0.15, 0.2) is 0 Å². The van der Waals surface area contributed by atoms with Crippen molar-refractivity contribution in [1.82, 2.24) is 10.2 Å². The highest BCUT2D eigenvalue weighted by atomic mass is 16.5. The number of hydrogen-bond acceptors (Lipinski definition) is 4. The third kappa shape index (κ3) is 2.36. The average molecular weight is 261 g/mol. The lowest BCUT2D eigenvalue weighted by molar-refractivity contribution is 0.383. The molecule has 0 bridgehead atoms. The van der Waals surface area contributed by atoms with Crippen molar-refractivity contribution >= 4 is 5.82 Å². The molecule has 5 nitrogen and oxygen atoms in total. The maximum absolute atomic E-state index is 5.65. The Bertz CT molecular complexity index is 576. The first-order valence-corrected chi connectivity index (χ1v) is 6.14. The second kappa shape index (κ2) is 5.22. The molecule has 1 heterocycles. The zero-order valence-corrected chi connectivity index (χ0v) is 11.7. The molecule has 5 heteroatoms. The molecule has 102 valence electrons. The first-order valence-electron chi connectivity index (χ1n) is 6.14. The van der Waals surface area contributed by atoms with E-state index in [1.165, 1.54) is 0 Å². The summed E-state index contributed by atoms with van der Waals surface area (Å²) >= 11 is 0. The number of nitrogens with two attached hydrogens (primary N) is 1. The number of methoxy groups -OCH3 is 2. The lowest BCUT2D eigenvalue weighted by atomic mass is 9.96. The molecular weight excluding hydrogens is 242 g/mol. The normalized spacial score (nSPS) is 10.8. The fourth-order valence-electron chi connectivity index (χ4n) is 2.21. The molecule has 0 aliphatic heterocycles. The third-order valence-electron chi connectivity index (χ3n) is 3.05. The van der Waals surface area contributed by atoms with E-state index in [0.717, 1.165) is 28.3 Å². The van der Waals surface area contributed by atoms with Crippen LogP contribution in [0.15, 0.2) is 18.2 Å². The summed E-state index contributed by atoms with van der Waals surface area (Å²) in [5.41, 5.74) is 8.45. The maximum atomic E-state index is 5.65. The fourth-order valence-corrected chi connectivity index (χ4v) is 2.21. The molecule has 1 aromatic carbocycles. The number of benzene rings is 1. The second-order valence-electron chi connectivity index (χ2n) is 4.62. The van der Waals surface area contributed by atoms with Gasteiger partial charge in [-0.15, -0.1) is 0 Å². The van der Waals surface area contributed by atoms with Crippen LogP contribution in [-0.4, -0.2) is 24.4 Å². The van der Waals surface area contributed by atoms with Gasteiger partial charge in [-0.05, 0) is 18.1 Å². The summed E-state index contributed by atoms with van der Waals surface area (Å²) < 4.78 is 11.0. The van der Waals surface area contributed by atoms with Gasteiger partial charge in [-0.3, -0.25) is 5.10 Å². The Kier molecular flexibility index (Phi) is 3.64. The number of nitrogens with one attached hydrogen (secondary N) is 1. The number of aromatic amines is 1. The Morgan fingerprint density at radius 3 is 2.42 bits per heavy atom. The molecule has 19 heavy (non-hydrogen) atoms. The summed E-state index contributed by atoms with van der Waals surface area (Å²) in [4.78, 5) is 0. The van der Waals surface area contributed by atoms with Crippen molar-refractivity contribution in [3.05, 3.63) is 23.8 Å². The first kappa shape index (κ1) is 13.3. The topological polar surface area (TPSA) is 73.2 Å². The van der Waals surface area contributed by atoms with Crippen LogP contribution in [0, 0.1) is 0 Å². The van der Waals surface area contributed by atoms with Crippen LogP contribution in [0.25, 0.3) is 11.3 Å². The van der Waals surface area contributed by atoms with E-state index in [4.69, 9.17) is 15.2 Å². The Labute approximate surface area is 112 Å². The van der Waals surface area contributed by atoms with Gasteiger partial charge in [0.05, 0.1) is 19.9 Å². The van der Waals surface area contributed by atoms with Gasteiger partial charge < -0.3 is 15.2 Å². The summed E-state index contributed by atoms with van der Waals surface area (Å²) in [6.45, 7) is 4.21. The number of rotatable bonds is 4. The molecule has 0 fully saturated rings. The zero-order valence-electron chi connectivity index (χ0n) is 11.7. The lowest BCUT2D eigenvalue weighted by Gasteiger charge is -2.18. The second-order valence-corrected chi connectivity index (χ2v) is 4.62. The standard InChI is InChI=1S/C14H19N3O2/c1-8(2)13-11(18-3)6-5-9(14(13)19-4)10-7-12(15)17-16-10/h5-8H,1-4H3,(H3,15,16,17). The van der Waals surface area contributed by atoms with Crippen LogP contribution in [-0.2, 0) is 0 Å². The van der Waals surface area contributed by atoms with Crippen LogP contribution in [0.1, 0.15) is 25.3 Å². The minimum Gasteiger partial charge on any atom is -0.496 e. The van der Waals surface area contributed by atoms with Crippen LogP contribution in [0.2, 0.25) is 0 Å². The summed E-state index contributed by atoms with van der Waals surface area (Å²) in [5.74, 6) is 2.35. The fraction of sp³-hybridized carbons (Fsp3) is 0.357. The molecule has 0 amide bonds. The Hall–Kier alpha value is -2.17. The number of ether oxygens (including phenoxy) is 2. The smallest absolute Gasteiger partial charge is 0.145 e. The number of hydrogen-bond donors (Lipinski definition) is 2. The van der Waals surface area contributed by atoms with E-state index >= 15 is 0 Å². The largest absolute Gasteiger partial charge is 0.496 e. The molecule has 0 unspecified atom stereocenters. The minimum atomic E-state index is 0.283. The number of aromatic nitrogens is 2. The molecule has 2 rings (SSSR count). The highest BCUT2D eigenvalue weighted by Gasteiger charge is 2.19. The van der Waals surface area contributed by atoms with Crippen molar-refractivity contribution in [2.24, 2.45) is 0 Å². The molecule has 0 radical (unpaired) electrons. The third-order valence-corrected chi connectivity index (χ3v) is 3.05. The monoisotopic (exact) mass is 261 g/mol. The van der Waals surface area contributed by atoms with E-state index in [9.17, 15) is 0 Å². The van der Waals surface area contributed by atoms with Crippen LogP contribution in [0.5, 0.6) is 11.5 Å². The number of H-pyrrole nitrogens is 1. The van der Waals surface area contributed by atoms with Crippen LogP contribution in [0.4, 0.5) is 5.82 Å². The molecule has 1 aromatic heterocycles. The molecule has 0 aliphatic rings. The van der Waals surface area contributed by atoms with Crippen LogP contribution >= 0.6 is 0 Å². The molecule has 0 saturated heterocycles. The lowest BCUT2D eigenvalue weighted by Crippen LogP contribution is -2.00. The molecule has 2 aromatic rings. The van der Waals surface area contributed by atoms with Crippen molar-refractivity contribution in [1.29, 1.82) is 0 Å². The summed E-state index contributed by atoms with van der Waals surface area (Å²) in [6, 6.07) is 5.66. The van der Waals surface area contributed by atoms with Gasteiger partial charge in [0.1, 0.15) is 17.3 Å². The van der Waals surface area contributed by atoms with E-state index < -0.39 is 0 Å². The zero-order chi connectivity index (χ0) is 14.0. The van der Waals surface area contributed by atoms with Gasteiger partial charge in [-0.2, -0.15) is 5.10 Å². The highest BCUT2D eigenvalue weighted by Crippen LogP contribution is 2.41. The average Bonchev–Trinajstić information content (AvgIpc) is 2.83. The Morgan fingerprint density at radius 1 is 1.21 bits per heavy atom. The van der Waals surface area contributed by atoms with Crippen LogP contribution in [0.3, 0.4) is 0 Å². The summed E-state index contributed by atoms with van der Waals surface area (Å²) in [6.07, 6.45) is 0. The first-order chi connectivity index (χ1) is 9.08. The van der Waals surface area contributed by atoms with Gasteiger partial charge in [0.25, 0.3) is 0 Å². The van der Waals surface area contributed by atoms with Crippen molar-refractivity contribution in [3.8, 4) is 22.8 Å². The number of nitrogens with zero attached hydrogens (tertiary/aromatic N) is 1. The van der Waals surface area contributed by atoms with E-state index in [2.05, 4.69) is 24.0 Å². The maximum Gasteiger partial charge on any atom is 0.145 e. The predicted octanol–water partition coefficient (Wildman–Crippen LogP) is 2.80. The Morgan fingerprint density at radius 2 is 1.95 bits per heavy atom. The predicted molar refractivity (Wildman–Crippen MR) is 75.6 cm³/mol. The molecule has 0 saturated carbocycles. The molecule has 3 N–H and O–H groups in total. The molecule has 0 spiro atoms. The van der Waals surface area contributed by atoms with E-state index in [1.54, 1.807) is 20.3 Å². The Balaban J connectivity index is 2.66. The quantitative estimate of drug-likeness (QED) is 0.887. The van der Waals surface area contributed by atoms with Crippen molar-refractivity contribution in [3.63, 3.8) is 0 Å². The van der Waals surface area contributed by atoms with Gasteiger partial charge in [-0.25, -0.2) is 0 Å². The van der Waals surface area contributed by atoms with E-state index in [-0.39, 0.29) is 5.92 Å². The van der Waals surface area contributed by atoms with E-state index in [1.807, 2.05) is 12.1 Å². The van der Waals surface area contributed by atoms with E-state index in [0.29, 0.717) is 5.82 Å². The van der Waals surface area contributed by atoms with Gasteiger partial charge in [-0.1, -0.05) is 13.8 Å². The van der Waals surface area contributed by atoms with Gasteiger partial charge in [0.2, 0.25) is 0 Å². The van der Waals surface area contributed by atoms with Gasteiger partial charge in [0, 0.05) is 17.2 Å². The van der Waals surface area contributed by atoms with Crippen molar-refractivity contribution in [2.45, 2.75) is 19.8 Å². The number of anilines is 1. The van der Waals surface area contributed by atoms with Gasteiger partial charge >= 0.3 is 0 Å².